The molecule has 1 N–H and O–H groups in total. The second-order valence-corrected chi connectivity index (χ2v) is 9.56. The Morgan fingerprint density at radius 2 is 2.03 bits per heavy atom. The van der Waals surface area contributed by atoms with Crippen molar-refractivity contribution in [3.63, 3.8) is 0 Å². The summed E-state index contributed by atoms with van der Waals surface area (Å²) in [5, 5.41) is 11.3. The van der Waals surface area contributed by atoms with Gasteiger partial charge in [0.25, 0.3) is 10.0 Å². The highest BCUT2D eigenvalue weighted by molar-refractivity contribution is 9.10. The molecule has 0 aliphatic carbocycles. The van der Waals surface area contributed by atoms with Gasteiger partial charge in [-0.1, -0.05) is 6.07 Å². The van der Waals surface area contributed by atoms with Gasteiger partial charge in [-0.3, -0.25) is 15.1 Å². The summed E-state index contributed by atoms with van der Waals surface area (Å²) in [5.41, 5.74) is 0.913. The van der Waals surface area contributed by atoms with E-state index in [1.54, 1.807) is 12.4 Å². The van der Waals surface area contributed by atoms with Crippen molar-refractivity contribution in [2.75, 3.05) is 13.1 Å². The molecule has 2 aliphatic rings. The lowest BCUT2D eigenvalue weighted by Gasteiger charge is -2.38. The third-order valence-corrected chi connectivity index (χ3v) is 7.40. The van der Waals surface area contributed by atoms with Crippen LogP contribution in [0.3, 0.4) is 0 Å². The topological polar surface area (TPSA) is 132 Å². The number of ether oxygens (including phenoxy) is 1. The zero-order valence-electron chi connectivity index (χ0n) is 15.6. The van der Waals surface area contributed by atoms with Gasteiger partial charge in [0.2, 0.25) is 0 Å². The molecule has 2 aromatic rings. The van der Waals surface area contributed by atoms with Gasteiger partial charge in [-0.2, -0.15) is 0 Å². The van der Waals surface area contributed by atoms with Crippen molar-refractivity contribution in [3.05, 3.63) is 62.4 Å². The van der Waals surface area contributed by atoms with Crippen LogP contribution in [0.4, 0.5) is 10.5 Å². The summed E-state index contributed by atoms with van der Waals surface area (Å²) in [7, 11) is -4.44. The maximum absolute atomic E-state index is 12.7. The standard InChI is InChI=1S/C18H17BrN4O6S/c19-14-2-1-3-15(16(14)23(25)26)30(27,28)21-17(24)22-8-5-18(6-9-22)13-10-20-7-4-12(13)11-29-18/h1-4,7,10H,5-6,8-9,11H2,(H,21,24). The van der Waals surface area contributed by atoms with Gasteiger partial charge in [0.1, 0.15) is 0 Å². The fourth-order valence-electron chi connectivity index (χ4n) is 3.86. The second-order valence-electron chi connectivity index (χ2n) is 7.06. The minimum Gasteiger partial charge on any atom is -0.365 e. The molecule has 1 aromatic heterocycles. The number of para-hydroxylation sites is 1. The van der Waals surface area contributed by atoms with Crippen molar-refractivity contribution in [1.82, 2.24) is 14.6 Å². The Morgan fingerprint density at radius 1 is 1.30 bits per heavy atom. The lowest BCUT2D eigenvalue weighted by atomic mass is 9.85. The minimum absolute atomic E-state index is 0.00777. The molecule has 2 aliphatic heterocycles. The Balaban J connectivity index is 1.49. The van der Waals surface area contributed by atoms with Gasteiger partial charge in [0, 0.05) is 31.0 Å². The SMILES string of the molecule is O=C(NS(=O)(=O)c1cccc(Br)c1[N+](=O)[O-])N1CCC2(CC1)OCc1ccncc12. The van der Waals surface area contributed by atoms with Crippen LogP contribution in [0.25, 0.3) is 0 Å². The summed E-state index contributed by atoms with van der Waals surface area (Å²) in [6.07, 6.45) is 4.47. The maximum Gasteiger partial charge on any atom is 0.331 e. The number of benzene rings is 1. The van der Waals surface area contributed by atoms with E-state index in [0.29, 0.717) is 19.4 Å². The molecule has 0 unspecified atom stereocenters. The highest BCUT2D eigenvalue weighted by atomic mass is 79.9. The predicted octanol–water partition coefficient (Wildman–Crippen LogP) is 2.67. The number of piperidine rings is 1. The normalized spacial score (nSPS) is 17.6. The van der Waals surface area contributed by atoms with Gasteiger partial charge in [-0.25, -0.2) is 17.9 Å². The number of carbonyl (C=O) groups excluding carboxylic acids is 1. The molecule has 158 valence electrons. The third kappa shape index (κ3) is 3.55. The van der Waals surface area contributed by atoms with Crippen LogP contribution in [-0.4, -0.2) is 42.3 Å². The van der Waals surface area contributed by atoms with Gasteiger partial charge < -0.3 is 9.64 Å². The molecular formula is C18H17BrN4O6S. The zero-order valence-corrected chi connectivity index (χ0v) is 18.0. The third-order valence-electron chi connectivity index (χ3n) is 5.41. The van der Waals surface area contributed by atoms with E-state index < -0.39 is 37.2 Å². The van der Waals surface area contributed by atoms with Crippen LogP contribution in [0.15, 0.2) is 46.0 Å². The Morgan fingerprint density at radius 3 is 2.73 bits per heavy atom. The van der Waals surface area contributed by atoms with Gasteiger partial charge in [-0.05, 0) is 52.5 Å². The fraction of sp³-hybridized carbons (Fsp3) is 0.333. The van der Waals surface area contributed by atoms with E-state index in [2.05, 4.69) is 20.9 Å². The van der Waals surface area contributed by atoms with Crippen LogP contribution >= 0.6 is 15.9 Å². The molecular weight excluding hydrogens is 480 g/mol. The number of halogens is 1. The van der Waals surface area contributed by atoms with E-state index in [-0.39, 0.29) is 17.6 Å². The molecule has 4 rings (SSSR count). The Hall–Kier alpha value is -2.57. The van der Waals surface area contributed by atoms with Crippen LogP contribution in [0, 0.1) is 10.1 Å². The fourth-order valence-corrected chi connectivity index (χ4v) is 5.67. The Labute approximate surface area is 180 Å². The van der Waals surface area contributed by atoms with Crippen molar-refractivity contribution >= 4 is 37.7 Å². The molecule has 2 amide bonds. The number of hydrogen-bond donors (Lipinski definition) is 1. The molecule has 0 bridgehead atoms. The van der Waals surface area contributed by atoms with E-state index in [1.165, 1.54) is 17.0 Å². The number of rotatable bonds is 3. The lowest BCUT2D eigenvalue weighted by molar-refractivity contribution is -0.388. The van der Waals surface area contributed by atoms with Crippen molar-refractivity contribution in [3.8, 4) is 0 Å². The van der Waals surface area contributed by atoms with Crippen molar-refractivity contribution in [1.29, 1.82) is 0 Å². The maximum atomic E-state index is 12.7. The van der Waals surface area contributed by atoms with E-state index in [4.69, 9.17) is 4.74 Å². The van der Waals surface area contributed by atoms with Crippen molar-refractivity contribution in [2.24, 2.45) is 0 Å². The van der Waals surface area contributed by atoms with E-state index in [0.717, 1.165) is 17.2 Å². The number of nitrogens with one attached hydrogen (secondary N) is 1. The summed E-state index contributed by atoms with van der Waals surface area (Å²) in [5.74, 6) is 0. The first-order valence-electron chi connectivity index (χ1n) is 9.05. The predicted molar refractivity (Wildman–Crippen MR) is 108 cm³/mol. The molecule has 0 atom stereocenters. The van der Waals surface area contributed by atoms with Gasteiger partial charge in [0.05, 0.1) is 21.6 Å². The first-order chi connectivity index (χ1) is 14.2. The summed E-state index contributed by atoms with van der Waals surface area (Å²) >= 11 is 2.98. The number of nitro groups is 1. The Bertz CT molecular complexity index is 1130. The highest BCUT2D eigenvalue weighted by Gasteiger charge is 2.44. The molecule has 10 nitrogen and oxygen atoms in total. The first kappa shape index (κ1) is 20.7. The van der Waals surface area contributed by atoms with Gasteiger partial charge >= 0.3 is 11.7 Å². The zero-order chi connectivity index (χ0) is 21.5. The molecule has 3 heterocycles. The minimum atomic E-state index is -4.44. The molecule has 1 fully saturated rings. The molecule has 12 heteroatoms. The molecule has 30 heavy (non-hydrogen) atoms. The number of pyridine rings is 1. The van der Waals surface area contributed by atoms with Crippen LogP contribution in [-0.2, 0) is 27.0 Å². The molecule has 1 saturated heterocycles. The van der Waals surface area contributed by atoms with Gasteiger partial charge in [0.15, 0.2) is 4.90 Å². The second kappa shape index (κ2) is 7.60. The van der Waals surface area contributed by atoms with Crippen LogP contribution < -0.4 is 4.72 Å². The van der Waals surface area contributed by atoms with Crippen LogP contribution in [0.2, 0.25) is 0 Å². The van der Waals surface area contributed by atoms with Crippen LogP contribution in [0.5, 0.6) is 0 Å². The summed E-state index contributed by atoms with van der Waals surface area (Å²) in [6.45, 7) is 1.03. The number of nitrogens with zero attached hydrogens (tertiary/aromatic N) is 3. The molecule has 1 aromatic carbocycles. The number of carbonyl (C=O) groups is 1. The summed E-state index contributed by atoms with van der Waals surface area (Å²) in [6, 6.07) is 4.87. The number of likely N-dealkylation sites (tertiary alicyclic amines) is 1. The monoisotopic (exact) mass is 496 g/mol. The largest absolute Gasteiger partial charge is 0.365 e. The number of sulfonamides is 1. The van der Waals surface area contributed by atoms with E-state index in [1.807, 2.05) is 10.8 Å². The molecule has 0 saturated carbocycles. The highest BCUT2D eigenvalue weighted by Crippen LogP contribution is 2.43. The average Bonchev–Trinajstić information content (AvgIpc) is 3.06. The smallest absolute Gasteiger partial charge is 0.331 e. The first-order valence-corrected chi connectivity index (χ1v) is 11.3. The van der Waals surface area contributed by atoms with E-state index in [9.17, 15) is 23.3 Å². The quantitative estimate of drug-likeness (QED) is 0.510. The number of hydrogen-bond acceptors (Lipinski definition) is 7. The number of fused-ring (bicyclic) bond motifs is 2. The average molecular weight is 497 g/mol. The number of amides is 2. The number of urea groups is 1. The van der Waals surface area contributed by atoms with Crippen molar-refractivity contribution < 1.29 is 22.9 Å². The molecule has 1 spiro atoms. The van der Waals surface area contributed by atoms with Crippen molar-refractivity contribution in [2.45, 2.75) is 29.9 Å². The molecule has 0 radical (unpaired) electrons. The van der Waals surface area contributed by atoms with Gasteiger partial charge in [-0.15, -0.1) is 0 Å². The summed E-state index contributed by atoms with van der Waals surface area (Å²) < 4.78 is 33.3. The Kier molecular flexibility index (Phi) is 5.24. The summed E-state index contributed by atoms with van der Waals surface area (Å²) in [4.78, 5) is 28.0. The lowest BCUT2D eigenvalue weighted by Crippen LogP contribution is -2.50. The van der Waals surface area contributed by atoms with Crippen LogP contribution in [0.1, 0.15) is 24.0 Å². The number of nitro benzene ring substituents is 1. The van der Waals surface area contributed by atoms with E-state index >= 15 is 0 Å². The number of aromatic nitrogens is 1.